The van der Waals surface area contributed by atoms with Crippen LogP contribution in [0.1, 0.15) is 13.3 Å². The SMILES string of the molecule is COc1ccc(S(=O)(=O)N2CCNCCC2C)cc1. The van der Waals surface area contributed by atoms with Crippen LogP contribution in [0.15, 0.2) is 29.2 Å². The average Bonchev–Trinajstić information content (AvgIpc) is 2.64. The van der Waals surface area contributed by atoms with Crippen molar-refractivity contribution < 1.29 is 13.2 Å². The van der Waals surface area contributed by atoms with Gasteiger partial charge in [-0.05, 0) is 44.2 Å². The van der Waals surface area contributed by atoms with E-state index in [1.807, 2.05) is 6.92 Å². The van der Waals surface area contributed by atoms with Crippen LogP contribution >= 0.6 is 0 Å². The molecule has 0 bridgehead atoms. The van der Waals surface area contributed by atoms with Gasteiger partial charge in [0, 0.05) is 19.1 Å². The number of ether oxygens (including phenoxy) is 1. The monoisotopic (exact) mass is 284 g/mol. The average molecular weight is 284 g/mol. The summed E-state index contributed by atoms with van der Waals surface area (Å²) in [6.45, 7) is 4.01. The zero-order chi connectivity index (χ0) is 13.9. The maximum absolute atomic E-state index is 12.6. The van der Waals surface area contributed by atoms with E-state index in [1.54, 1.807) is 35.7 Å². The van der Waals surface area contributed by atoms with E-state index in [0.29, 0.717) is 23.7 Å². The van der Waals surface area contributed by atoms with Gasteiger partial charge in [0.15, 0.2) is 0 Å². The minimum atomic E-state index is -3.42. The molecule has 1 fully saturated rings. The summed E-state index contributed by atoms with van der Waals surface area (Å²) >= 11 is 0. The summed E-state index contributed by atoms with van der Waals surface area (Å²) in [5.41, 5.74) is 0. The molecule has 1 aromatic rings. The molecular formula is C13H20N2O3S. The summed E-state index contributed by atoms with van der Waals surface area (Å²) in [5.74, 6) is 0.657. The fourth-order valence-electron chi connectivity index (χ4n) is 2.23. The lowest BCUT2D eigenvalue weighted by molar-refractivity contribution is 0.350. The standard InChI is InChI=1S/C13H20N2O3S/c1-11-7-8-14-9-10-15(11)19(16,17)13-5-3-12(18-2)4-6-13/h3-6,11,14H,7-10H2,1-2H3. The van der Waals surface area contributed by atoms with Crippen LogP contribution in [0.5, 0.6) is 5.75 Å². The second-order valence-corrected chi connectivity index (χ2v) is 6.57. The summed E-state index contributed by atoms with van der Waals surface area (Å²) in [5, 5.41) is 3.22. The first kappa shape index (κ1) is 14.3. The molecule has 0 radical (unpaired) electrons. The molecule has 0 aliphatic carbocycles. The molecule has 19 heavy (non-hydrogen) atoms. The molecule has 0 saturated carbocycles. The molecule has 6 heteroatoms. The van der Waals surface area contributed by atoms with Gasteiger partial charge in [-0.2, -0.15) is 4.31 Å². The molecule has 5 nitrogen and oxygen atoms in total. The fourth-order valence-corrected chi connectivity index (χ4v) is 3.89. The Hall–Kier alpha value is -1.11. The van der Waals surface area contributed by atoms with Crippen molar-refractivity contribution >= 4 is 10.0 Å². The third kappa shape index (κ3) is 3.08. The zero-order valence-corrected chi connectivity index (χ0v) is 12.1. The molecule has 1 N–H and O–H groups in total. The molecule has 106 valence electrons. The summed E-state index contributed by atoms with van der Waals surface area (Å²) in [7, 11) is -1.86. The first-order valence-corrected chi connectivity index (χ1v) is 7.86. The number of benzene rings is 1. The Morgan fingerprint density at radius 2 is 1.95 bits per heavy atom. The van der Waals surface area contributed by atoms with Crippen molar-refractivity contribution in [3.63, 3.8) is 0 Å². The van der Waals surface area contributed by atoms with Gasteiger partial charge in [-0.25, -0.2) is 8.42 Å². The maximum atomic E-state index is 12.6. The van der Waals surface area contributed by atoms with E-state index in [0.717, 1.165) is 13.0 Å². The molecule has 1 aromatic carbocycles. The Balaban J connectivity index is 2.29. The van der Waals surface area contributed by atoms with Crippen molar-refractivity contribution in [3.8, 4) is 5.75 Å². The number of hydrogen-bond acceptors (Lipinski definition) is 4. The fraction of sp³-hybridized carbons (Fsp3) is 0.538. The summed E-state index contributed by atoms with van der Waals surface area (Å²) in [4.78, 5) is 0.321. The molecule has 1 heterocycles. The zero-order valence-electron chi connectivity index (χ0n) is 11.3. The number of nitrogens with zero attached hydrogens (tertiary/aromatic N) is 1. The Morgan fingerprint density at radius 1 is 1.26 bits per heavy atom. The van der Waals surface area contributed by atoms with Crippen molar-refractivity contribution in [1.29, 1.82) is 0 Å². The van der Waals surface area contributed by atoms with Crippen molar-refractivity contribution in [2.24, 2.45) is 0 Å². The molecule has 0 aromatic heterocycles. The second-order valence-electron chi connectivity index (χ2n) is 4.68. The highest BCUT2D eigenvalue weighted by Gasteiger charge is 2.29. The van der Waals surface area contributed by atoms with E-state index in [4.69, 9.17) is 4.74 Å². The van der Waals surface area contributed by atoms with Crippen molar-refractivity contribution in [2.45, 2.75) is 24.3 Å². The molecule has 1 aliphatic heterocycles. The van der Waals surface area contributed by atoms with Gasteiger partial charge in [0.25, 0.3) is 0 Å². The predicted molar refractivity (Wildman–Crippen MR) is 73.8 cm³/mol. The van der Waals surface area contributed by atoms with Crippen LogP contribution in [0.2, 0.25) is 0 Å². The topological polar surface area (TPSA) is 58.6 Å². The molecule has 0 spiro atoms. The Labute approximate surface area is 114 Å². The molecule has 1 aliphatic rings. The normalized spacial score (nSPS) is 21.9. The molecular weight excluding hydrogens is 264 g/mol. The van der Waals surface area contributed by atoms with Crippen molar-refractivity contribution in [2.75, 3.05) is 26.7 Å². The van der Waals surface area contributed by atoms with Crippen molar-refractivity contribution in [1.82, 2.24) is 9.62 Å². The van der Waals surface area contributed by atoms with Crippen LogP contribution in [0, 0.1) is 0 Å². The number of hydrogen-bond donors (Lipinski definition) is 1. The Bertz CT molecular complexity index is 513. The number of methoxy groups -OCH3 is 1. The second kappa shape index (κ2) is 5.90. The summed E-state index contributed by atoms with van der Waals surface area (Å²) < 4.78 is 31.8. The predicted octanol–water partition coefficient (Wildman–Crippen LogP) is 1.07. The largest absolute Gasteiger partial charge is 0.497 e. The highest BCUT2D eigenvalue weighted by molar-refractivity contribution is 7.89. The lowest BCUT2D eigenvalue weighted by Crippen LogP contribution is -2.39. The van der Waals surface area contributed by atoms with Crippen LogP contribution in [-0.4, -0.2) is 45.5 Å². The number of sulfonamides is 1. The van der Waals surface area contributed by atoms with Crippen molar-refractivity contribution in [3.05, 3.63) is 24.3 Å². The summed E-state index contributed by atoms with van der Waals surface area (Å²) in [6.07, 6.45) is 0.829. The van der Waals surface area contributed by atoms with Gasteiger partial charge in [0.2, 0.25) is 10.0 Å². The molecule has 1 atom stereocenters. The molecule has 0 amide bonds. The van der Waals surface area contributed by atoms with E-state index in [2.05, 4.69) is 5.32 Å². The van der Waals surface area contributed by atoms with Crippen LogP contribution < -0.4 is 10.1 Å². The van der Waals surface area contributed by atoms with E-state index >= 15 is 0 Å². The third-order valence-corrected chi connectivity index (χ3v) is 5.43. The first-order chi connectivity index (χ1) is 9.05. The van der Waals surface area contributed by atoms with E-state index < -0.39 is 10.0 Å². The lowest BCUT2D eigenvalue weighted by atomic mass is 10.2. The van der Waals surface area contributed by atoms with Gasteiger partial charge in [0.1, 0.15) is 5.75 Å². The highest BCUT2D eigenvalue weighted by atomic mass is 32.2. The van der Waals surface area contributed by atoms with Crippen LogP contribution in [0.25, 0.3) is 0 Å². The van der Waals surface area contributed by atoms with E-state index in [-0.39, 0.29) is 6.04 Å². The first-order valence-electron chi connectivity index (χ1n) is 6.42. The van der Waals surface area contributed by atoms with Gasteiger partial charge < -0.3 is 10.1 Å². The van der Waals surface area contributed by atoms with Gasteiger partial charge in [-0.1, -0.05) is 0 Å². The minimum absolute atomic E-state index is 0.0158. The smallest absolute Gasteiger partial charge is 0.243 e. The van der Waals surface area contributed by atoms with E-state index in [1.165, 1.54) is 0 Å². The van der Waals surface area contributed by atoms with Gasteiger partial charge in [-0.15, -0.1) is 0 Å². The van der Waals surface area contributed by atoms with Crippen LogP contribution in [0.4, 0.5) is 0 Å². The maximum Gasteiger partial charge on any atom is 0.243 e. The van der Waals surface area contributed by atoms with Gasteiger partial charge in [-0.3, -0.25) is 0 Å². The quantitative estimate of drug-likeness (QED) is 0.902. The van der Waals surface area contributed by atoms with Crippen LogP contribution in [-0.2, 0) is 10.0 Å². The molecule has 2 rings (SSSR count). The summed E-state index contributed by atoms with van der Waals surface area (Å²) in [6, 6.07) is 6.56. The highest BCUT2D eigenvalue weighted by Crippen LogP contribution is 2.22. The number of nitrogens with one attached hydrogen (secondary N) is 1. The number of rotatable bonds is 3. The van der Waals surface area contributed by atoms with Gasteiger partial charge >= 0.3 is 0 Å². The Morgan fingerprint density at radius 3 is 2.58 bits per heavy atom. The third-order valence-electron chi connectivity index (χ3n) is 3.41. The Kier molecular flexibility index (Phi) is 4.44. The molecule has 1 unspecified atom stereocenters. The van der Waals surface area contributed by atoms with Gasteiger partial charge in [0.05, 0.1) is 12.0 Å². The van der Waals surface area contributed by atoms with E-state index in [9.17, 15) is 8.42 Å². The molecule has 1 saturated heterocycles. The minimum Gasteiger partial charge on any atom is -0.497 e. The lowest BCUT2D eigenvalue weighted by Gasteiger charge is -2.25. The van der Waals surface area contributed by atoms with Crippen LogP contribution in [0.3, 0.4) is 0 Å².